The first-order chi connectivity index (χ1) is 12.1. The highest BCUT2D eigenvalue weighted by Gasteiger charge is 2.34. The summed E-state index contributed by atoms with van der Waals surface area (Å²) in [5, 5.41) is 12.1. The zero-order valence-electron chi connectivity index (χ0n) is 13.9. The van der Waals surface area contributed by atoms with Crippen LogP contribution in [0, 0.1) is 5.92 Å². The molecule has 130 valence electrons. The molecule has 1 saturated heterocycles. The van der Waals surface area contributed by atoms with Gasteiger partial charge in [0.15, 0.2) is 0 Å². The number of nitrogens with zero attached hydrogens (tertiary/aromatic N) is 1. The minimum atomic E-state index is -0.393. The van der Waals surface area contributed by atoms with Crippen LogP contribution in [0.15, 0.2) is 48.5 Å². The first-order valence-corrected chi connectivity index (χ1v) is 8.06. The van der Waals surface area contributed by atoms with Crippen molar-refractivity contribution < 1.29 is 19.4 Å². The fourth-order valence-corrected chi connectivity index (χ4v) is 2.93. The summed E-state index contributed by atoms with van der Waals surface area (Å²) in [4.78, 5) is 26.3. The third kappa shape index (κ3) is 3.91. The predicted octanol–water partition coefficient (Wildman–Crippen LogP) is 2.39. The number of carbonyl (C=O) groups excluding carboxylic acids is 2. The highest BCUT2D eigenvalue weighted by molar-refractivity contribution is 5.97. The third-order valence-electron chi connectivity index (χ3n) is 4.27. The summed E-state index contributed by atoms with van der Waals surface area (Å²) in [5.74, 6) is 0.235. The average molecular weight is 340 g/mol. The summed E-state index contributed by atoms with van der Waals surface area (Å²) < 4.78 is 5.32. The minimum Gasteiger partial charge on any atom is -0.508 e. The number of methoxy groups -OCH3 is 1. The Balaban J connectivity index is 1.63. The van der Waals surface area contributed by atoms with Crippen molar-refractivity contribution in [2.24, 2.45) is 5.92 Å². The van der Waals surface area contributed by atoms with Crippen molar-refractivity contribution in [2.45, 2.75) is 13.0 Å². The lowest BCUT2D eigenvalue weighted by molar-refractivity contribution is -0.128. The van der Waals surface area contributed by atoms with Crippen molar-refractivity contribution in [1.82, 2.24) is 4.90 Å². The number of benzene rings is 2. The third-order valence-corrected chi connectivity index (χ3v) is 4.27. The second-order valence-electron chi connectivity index (χ2n) is 6.02. The topological polar surface area (TPSA) is 78.9 Å². The number of carbonyl (C=O) groups is 2. The molecule has 0 aliphatic carbocycles. The lowest BCUT2D eigenvalue weighted by Gasteiger charge is -2.18. The van der Waals surface area contributed by atoms with Crippen LogP contribution in [0.25, 0.3) is 0 Å². The van der Waals surface area contributed by atoms with E-state index in [-0.39, 0.29) is 24.0 Å². The summed E-state index contributed by atoms with van der Waals surface area (Å²) in [6.45, 7) is 0.798. The van der Waals surface area contributed by atoms with E-state index in [0.29, 0.717) is 18.8 Å². The minimum absolute atomic E-state index is 0.0447. The first kappa shape index (κ1) is 16.8. The molecule has 2 aromatic rings. The second-order valence-corrected chi connectivity index (χ2v) is 6.02. The Kier molecular flexibility index (Phi) is 4.88. The van der Waals surface area contributed by atoms with Crippen molar-refractivity contribution in [3.63, 3.8) is 0 Å². The van der Waals surface area contributed by atoms with Gasteiger partial charge in [-0.1, -0.05) is 18.2 Å². The summed E-state index contributed by atoms with van der Waals surface area (Å²) in [5.41, 5.74) is 1.51. The van der Waals surface area contributed by atoms with Gasteiger partial charge >= 0.3 is 0 Å². The summed E-state index contributed by atoms with van der Waals surface area (Å²) in [7, 11) is 1.60. The van der Waals surface area contributed by atoms with Crippen molar-refractivity contribution >= 4 is 17.5 Å². The number of para-hydroxylation sites is 1. The Morgan fingerprint density at radius 3 is 2.68 bits per heavy atom. The van der Waals surface area contributed by atoms with Crippen LogP contribution in [-0.2, 0) is 16.1 Å². The largest absolute Gasteiger partial charge is 0.508 e. The van der Waals surface area contributed by atoms with Gasteiger partial charge in [-0.3, -0.25) is 9.59 Å². The van der Waals surface area contributed by atoms with Crippen molar-refractivity contribution in [2.75, 3.05) is 19.0 Å². The van der Waals surface area contributed by atoms with Crippen LogP contribution < -0.4 is 10.1 Å². The Bertz CT molecular complexity index is 773. The van der Waals surface area contributed by atoms with Gasteiger partial charge in [0.1, 0.15) is 11.5 Å². The quantitative estimate of drug-likeness (QED) is 0.819. The molecular weight excluding hydrogens is 320 g/mol. The average Bonchev–Trinajstić information content (AvgIpc) is 2.98. The number of hydrogen-bond donors (Lipinski definition) is 2. The molecule has 3 rings (SSSR count). The maximum absolute atomic E-state index is 12.4. The molecule has 1 aliphatic heterocycles. The van der Waals surface area contributed by atoms with E-state index in [1.807, 2.05) is 24.3 Å². The molecule has 25 heavy (non-hydrogen) atoms. The Morgan fingerprint density at radius 2 is 1.96 bits per heavy atom. The molecule has 0 bridgehead atoms. The van der Waals surface area contributed by atoms with Crippen LogP contribution in [0.3, 0.4) is 0 Å². The van der Waals surface area contributed by atoms with Crippen LogP contribution >= 0.6 is 0 Å². The van der Waals surface area contributed by atoms with Gasteiger partial charge in [-0.25, -0.2) is 0 Å². The van der Waals surface area contributed by atoms with Gasteiger partial charge < -0.3 is 20.1 Å². The number of ether oxygens (including phenoxy) is 1. The molecule has 2 aromatic carbocycles. The highest BCUT2D eigenvalue weighted by Crippen LogP contribution is 2.25. The van der Waals surface area contributed by atoms with E-state index in [1.165, 1.54) is 12.1 Å². The summed E-state index contributed by atoms with van der Waals surface area (Å²) in [6, 6.07) is 13.8. The summed E-state index contributed by atoms with van der Waals surface area (Å²) in [6.07, 6.45) is 0.194. The van der Waals surface area contributed by atoms with Crippen LogP contribution in [-0.4, -0.2) is 35.5 Å². The van der Waals surface area contributed by atoms with E-state index in [2.05, 4.69) is 5.32 Å². The van der Waals surface area contributed by atoms with E-state index < -0.39 is 5.92 Å². The molecule has 1 fully saturated rings. The van der Waals surface area contributed by atoms with E-state index in [4.69, 9.17) is 4.74 Å². The molecular formula is C19H20N2O4. The maximum atomic E-state index is 12.4. The smallest absolute Gasteiger partial charge is 0.229 e. The zero-order valence-corrected chi connectivity index (χ0v) is 13.9. The Morgan fingerprint density at radius 1 is 1.24 bits per heavy atom. The predicted molar refractivity (Wildman–Crippen MR) is 93.3 cm³/mol. The molecule has 6 heteroatoms. The Hall–Kier alpha value is -3.02. The van der Waals surface area contributed by atoms with E-state index in [0.717, 1.165) is 11.3 Å². The number of hydrogen-bond acceptors (Lipinski definition) is 4. The molecule has 2 N–H and O–H groups in total. The molecule has 0 unspecified atom stereocenters. The zero-order chi connectivity index (χ0) is 17.8. The second kappa shape index (κ2) is 7.25. The monoisotopic (exact) mass is 340 g/mol. The molecule has 2 amide bonds. The van der Waals surface area contributed by atoms with Crippen LogP contribution in [0.5, 0.6) is 11.5 Å². The normalized spacial score (nSPS) is 16.8. The maximum Gasteiger partial charge on any atom is 0.229 e. The summed E-state index contributed by atoms with van der Waals surface area (Å²) >= 11 is 0. The van der Waals surface area contributed by atoms with E-state index in [9.17, 15) is 14.7 Å². The molecule has 6 nitrogen and oxygen atoms in total. The van der Waals surface area contributed by atoms with Gasteiger partial charge in [0.25, 0.3) is 0 Å². The molecule has 1 heterocycles. The number of nitrogens with one attached hydrogen (secondary N) is 1. The number of phenols is 1. The van der Waals surface area contributed by atoms with Crippen LogP contribution in [0.1, 0.15) is 12.0 Å². The van der Waals surface area contributed by atoms with Crippen molar-refractivity contribution in [3.8, 4) is 11.5 Å². The number of anilines is 1. The standard InChI is InChI=1S/C19H20N2O4/c1-25-17-5-3-2-4-13(17)11-21-12-14(10-18(21)23)19(24)20-15-6-8-16(22)9-7-15/h2-9,14,22H,10-12H2,1H3,(H,20,24)/t14-/m1/s1. The van der Waals surface area contributed by atoms with Crippen molar-refractivity contribution in [3.05, 3.63) is 54.1 Å². The molecule has 0 spiro atoms. The van der Waals surface area contributed by atoms with Gasteiger partial charge in [0, 0.05) is 30.8 Å². The van der Waals surface area contributed by atoms with E-state index >= 15 is 0 Å². The SMILES string of the molecule is COc1ccccc1CN1C[C@H](C(=O)Nc2ccc(O)cc2)CC1=O. The number of phenolic OH excluding ortho intramolecular Hbond substituents is 1. The highest BCUT2D eigenvalue weighted by atomic mass is 16.5. The molecule has 1 atom stereocenters. The first-order valence-electron chi connectivity index (χ1n) is 8.06. The molecule has 0 aromatic heterocycles. The van der Waals surface area contributed by atoms with Crippen molar-refractivity contribution in [1.29, 1.82) is 0 Å². The van der Waals surface area contributed by atoms with Crippen LogP contribution in [0.2, 0.25) is 0 Å². The lowest BCUT2D eigenvalue weighted by Crippen LogP contribution is -2.28. The van der Waals surface area contributed by atoms with Gasteiger partial charge in [-0.15, -0.1) is 0 Å². The molecule has 0 radical (unpaired) electrons. The number of amides is 2. The van der Waals surface area contributed by atoms with Gasteiger partial charge in [-0.05, 0) is 30.3 Å². The van der Waals surface area contributed by atoms with E-state index in [1.54, 1.807) is 24.1 Å². The molecule has 1 aliphatic rings. The molecule has 0 saturated carbocycles. The number of aromatic hydroxyl groups is 1. The van der Waals surface area contributed by atoms with Gasteiger partial charge in [0.2, 0.25) is 11.8 Å². The fourth-order valence-electron chi connectivity index (χ4n) is 2.93. The van der Waals surface area contributed by atoms with Gasteiger partial charge in [0.05, 0.1) is 13.0 Å². The van der Waals surface area contributed by atoms with Crippen LogP contribution in [0.4, 0.5) is 5.69 Å². The number of likely N-dealkylation sites (tertiary alicyclic amines) is 1. The fraction of sp³-hybridized carbons (Fsp3) is 0.263. The van der Waals surface area contributed by atoms with Gasteiger partial charge in [-0.2, -0.15) is 0 Å². The Labute approximate surface area is 146 Å². The lowest BCUT2D eigenvalue weighted by atomic mass is 10.1. The number of rotatable bonds is 5.